The number of benzene rings is 2. The molecule has 1 atom stereocenters. The first-order chi connectivity index (χ1) is 16.3. The summed E-state index contributed by atoms with van der Waals surface area (Å²) < 4.78 is 37.1. The maximum absolute atomic E-state index is 13.0. The Bertz CT molecular complexity index is 1360. The van der Waals surface area contributed by atoms with Gasteiger partial charge < -0.3 is 19.9 Å². The molecule has 5 rings (SSSR count). The molecule has 0 spiro atoms. The summed E-state index contributed by atoms with van der Waals surface area (Å²) in [6.07, 6.45) is 3.91. The van der Waals surface area contributed by atoms with Crippen LogP contribution in [0.1, 0.15) is 10.4 Å². The van der Waals surface area contributed by atoms with Gasteiger partial charge in [0.15, 0.2) is 0 Å². The van der Waals surface area contributed by atoms with Crippen LogP contribution in [0.4, 0.5) is 14.5 Å². The molecule has 0 aliphatic carbocycles. The van der Waals surface area contributed by atoms with Crippen molar-refractivity contribution in [3.05, 3.63) is 60.7 Å². The summed E-state index contributed by atoms with van der Waals surface area (Å²) in [5.74, 6) is -0.611. The van der Waals surface area contributed by atoms with Crippen molar-refractivity contribution in [2.45, 2.75) is 18.2 Å². The van der Waals surface area contributed by atoms with E-state index >= 15 is 0 Å². The monoisotopic (exact) mass is 487 g/mol. The number of amides is 1. The molecule has 0 fully saturated rings. The molecule has 3 heterocycles. The highest BCUT2D eigenvalue weighted by Crippen LogP contribution is 2.34. The molecule has 2 N–H and O–H groups in total. The molecule has 4 aromatic rings. The fourth-order valence-corrected chi connectivity index (χ4v) is 3.78. The van der Waals surface area contributed by atoms with Crippen LogP contribution in [0.2, 0.25) is 0 Å². The Kier molecular flexibility index (Phi) is 5.50. The standard InChI is InChI=1S/C22H16ClF2N5O4/c23-22(24,25)34-16-3-1-14(2-4-16)28-20(32)12-5-17(13-7-26-11-27-8-13)19-18(6-12)29-21-30(19)9-15(31)10-33-21/h1-8,11,15,31H,9-10H2,(H,28,32)/t15-/m1/s1. The zero-order valence-corrected chi connectivity index (χ0v) is 18.0. The third-order valence-corrected chi connectivity index (χ3v) is 5.16. The summed E-state index contributed by atoms with van der Waals surface area (Å²) in [5.41, 5.74) is -0.750. The van der Waals surface area contributed by atoms with Crippen molar-refractivity contribution < 1.29 is 28.2 Å². The lowest BCUT2D eigenvalue weighted by molar-refractivity contribution is -0.0964. The van der Waals surface area contributed by atoms with E-state index < -0.39 is 17.6 Å². The van der Waals surface area contributed by atoms with Crippen LogP contribution in [0, 0.1) is 0 Å². The molecule has 1 aliphatic heterocycles. The quantitative estimate of drug-likeness (QED) is 0.413. The second kappa shape index (κ2) is 8.50. The molecular weight excluding hydrogens is 472 g/mol. The van der Waals surface area contributed by atoms with Gasteiger partial charge in [0.1, 0.15) is 24.8 Å². The van der Waals surface area contributed by atoms with Gasteiger partial charge in [-0.2, -0.15) is 4.98 Å². The molecule has 34 heavy (non-hydrogen) atoms. The molecule has 0 saturated heterocycles. The van der Waals surface area contributed by atoms with E-state index in [9.17, 15) is 18.7 Å². The van der Waals surface area contributed by atoms with Crippen LogP contribution in [0.5, 0.6) is 11.8 Å². The van der Waals surface area contributed by atoms with E-state index in [1.54, 1.807) is 29.1 Å². The van der Waals surface area contributed by atoms with Crippen LogP contribution in [-0.4, -0.2) is 48.8 Å². The van der Waals surface area contributed by atoms with Crippen LogP contribution in [0.3, 0.4) is 0 Å². The predicted octanol–water partition coefficient (Wildman–Crippen LogP) is 3.67. The highest BCUT2D eigenvalue weighted by atomic mass is 35.5. The first-order valence-electron chi connectivity index (χ1n) is 10.0. The number of imidazole rings is 1. The van der Waals surface area contributed by atoms with Gasteiger partial charge in [0, 0.05) is 46.4 Å². The van der Waals surface area contributed by atoms with Crippen molar-refractivity contribution in [1.82, 2.24) is 19.5 Å². The molecule has 0 bridgehead atoms. The van der Waals surface area contributed by atoms with Crippen molar-refractivity contribution in [3.63, 3.8) is 0 Å². The zero-order chi connectivity index (χ0) is 23.9. The number of anilines is 1. The van der Waals surface area contributed by atoms with E-state index in [2.05, 4.69) is 25.0 Å². The minimum Gasteiger partial charge on any atom is -0.462 e. The van der Waals surface area contributed by atoms with E-state index in [-0.39, 0.29) is 24.5 Å². The summed E-state index contributed by atoms with van der Waals surface area (Å²) in [7, 11) is 0. The number of ether oxygens (including phenoxy) is 2. The average molecular weight is 488 g/mol. The highest BCUT2D eigenvalue weighted by Gasteiger charge is 2.28. The number of hydrogen-bond donors (Lipinski definition) is 2. The molecule has 0 unspecified atom stereocenters. The lowest BCUT2D eigenvalue weighted by atomic mass is 10.0. The number of halogens is 3. The van der Waals surface area contributed by atoms with Gasteiger partial charge in [0.25, 0.3) is 11.9 Å². The van der Waals surface area contributed by atoms with Crippen molar-refractivity contribution >= 4 is 34.2 Å². The largest absolute Gasteiger partial charge is 0.487 e. The first-order valence-corrected chi connectivity index (χ1v) is 10.4. The lowest BCUT2D eigenvalue weighted by Gasteiger charge is -2.21. The third kappa shape index (κ3) is 4.47. The van der Waals surface area contributed by atoms with Crippen LogP contribution in [0.25, 0.3) is 22.2 Å². The number of aliphatic hydroxyl groups is 1. The summed E-state index contributed by atoms with van der Waals surface area (Å²) >= 11 is 4.77. The van der Waals surface area contributed by atoms with Gasteiger partial charge in [-0.1, -0.05) is 0 Å². The molecule has 0 radical (unpaired) electrons. The van der Waals surface area contributed by atoms with Crippen molar-refractivity contribution in [3.8, 4) is 22.9 Å². The molecule has 2 aromatic carbocycles. The first kappa shape index (κ1) is 22.0. The van der Waals surface area contributed by atoms with Crippen LogP contribution in [0.15, 0.2) is 55.1 Å². The Hall–Kier alpha value is -3.83. The smallest absolute Gasteiger partial charge is 0.462 e. The van der Waals surface area contributed by atoms with Gasteiger partial charge in [-0.25, -0.2) is 9.97 Å². The maximum Gasteiger partial charge on any atom is 0.487 e. The van der Waals surface area contributed by atoms with E-state index in [0.29, 0.717) is 33.9 Å². The fourth-order valence-electron chi connectivity index (χ4n) is 3.69. The molecule has 174 valence electrons. The number of nitrogens with one attached hydrogen (secondary N) is 1. The molecular formula is C22H16ClF2N5O4. The summed E-state index contributed by atoms with van der Waals surface area (Å²) in [5, 5.41) is 12.8. The minimum absolute atomic E-state index is 0.121. The van der Waals surface area contributed by atoms with Crippen molar-refractivity contribution in [2.24, 2.45) is 0 Å². The highest BCUT2D eigenvalue weighted by molar-refractivity contribution is 6.20. The number of aromatic nitrogens is 4. The number of aliphatic hydroxyl groups excluding tert-OH is 1. The fraction of sp³-hybridized carbons (Fsp3) is 0.182. The number of carbonyl (C=O) groups excluding carboxylic acids is 1. The van der Waals surface area contributed by atoms with Crippen molar-refractivity contribution in [1.29, 1.82) is 0 Å². The van der Waals surface area contributed by atoms with Crippen LogP contribution >= 0.6 is 11.6 Å². The molecule has 12 heteroatoms. The number of rotatable bonds is 5. The van der Waals surface area contributed by atoms with E-state index in [0.717, 1.165) is 0 Å². The Morgan fingerprint density at radius 3 is 2.68 bits per heavy atom. The molecule has 1 aliphatic rings. The topological polar surface area (TPSA) is 111 Å². The summed E-state index contributed by atoms with van der Waals surface area (Å²) in [6, 6.07) is 8.93. The van der Waals surface area contributed by atoms with E-state index in [1.807, 2.05) is 0 Å². The van der Waals surface area contributed by atoms with Crippen molar-refractivity contribution in [2.75, 3.05) is 11.9 Å². The zero-order valence-electron chi connectivity index (χ0n) is 17.3. The second-order valence-electron chi connectivity index (χ2n) is 7.51. The summed E-state index contributed by atoms with van der Waals surface area (Å²) in [6.45, 7) is 0.406. The van der Waals surface area contributed by atoms with Gasteiger partial charge in [0.2, 0.25) is 0 Å². The van der Waals surface area contributed by atoms with E-state index in [1.165, 1.54) is 30.6 Å². The molecule has 2 aromatic heterocycles. The van der Waals surface area contributed by atoms with Gasteiger partial charge in [-0.05, 0) is 36.4 Å². The second-order valence-corrected chi connectivity index (χ2v) is 7.95. The number of carbonyl (C=O) groups is 1. The van der Waals surface area contributed by atoms with Gasteiger partial charge in [-0.15, -0.1) is 8.78 Å². The third-order valence-electron chi connectivity index (χ3n) is 5.08. The number of hydrogen-bond acceptors (Lipinski definition) is 7. The van der Waals surface area contributed by atoms with Gasteiger partial charge in [0.05, 0.1) is 17.6 Å². The number of alkyl halides is 3. The minimum atomic E-state index is -3.83. The van der Waals surface area contributed by atoms with Crippen LogP contribution < -0.4 is 14.8 Å². The number of fused-ring (bicyclic) bond motifs is 3. The average Bonchev–Trinajstić information content (AvgIpc) is 3.17. The van der Waals surface area contributed by atoms with E-state index in [4.69, 9.17) is 16.3 Å². The Morgan fingerprint density at radius 1 is 1.24 bits per heavy atom. The lowest BCUT2D eigenvalue weighted by Crippen LogP contribution is -2.29. The molecule has 9 nitrogen and oxygen atoms in total. The predicted molar refractivity (Wildman–Crippen MR) is 118 cm³/mol. The Balaban J connectivity index is 1.51. The number of nitrogens with zero attached hydrogens (tertiary/aromatic N) is 4. The molecule has 0 saturated carbocycles. The Labute approximate surface area is 195 Å². The molecule has 1 amide bonds. The van der Waals surface area contributed by atoms with Gasteiger partial charge in [-0.3, -0.25) is 9.36 Å². The van der Waals surface area contributed by atoms with Crippen LogP contribution in [-0.2, 0) is 6.54 Å². The Morgan fingerprint density at radius 2 is 1.97 bits per heavy atom. The summed E-state index contributed by atoms with van der Waals surface area (Å²) in [4.78, 5) is 25.6. The van der Waals surface area contributed by atoms with Gasteiger partial charge >= 0.3 is 5.57 Å². The SMILES string of the molecule is O=C(Nc1ccc(OC(F)(F)Cl)cc1)c1cc(-c2cncnc2)c2c(c1)nc1n2C[C@@H](O)CO1. The normalized spacial score (nSPS) is 15.5. The maximum atomic E-state index is 13.0.